The van der Waals surface area contributed by atoms with E-state index >= 15 is 0 Å². The fraction of sp³-hybridized carbons (Fsp3) is 0.545. The molecular weight excluding hydrogens is 846 g/mol. The van der Waals surface area contributed by atoms with E-state index < -0.39 is 0 Å². The number of hydrogen-bond donors (Lipinski definition) is 4. The smallest absolute Gasteiger partial charge is 0.128 e. The number of nitrogens with two attached hydrogens (primary N) is 3. The van der Waals surface area contributed by atoms with Gasteiger partial charge in [-0.25, -0.2) is 4.98 Å². The number of rotatable bonds is 2. The Morgan fingerprint density at radius 1 is 0.536 bits per heavy atom. The number of nitrogens with zero attached hydrogens (tertiary/aromatic N) is 6. The molecular formula is C44H68N10Y2-2. The van der Waals surface area contributed by atoms with E-state index in [4.69, 9.17) is 17.2 Å². The summed E-state index contributed by atoms with van der Waals surface area (Å²) in [6.45, 7) is 24.8. The molecule has 3 fully saturated rings. The molecule has 7 heterocycles. The van der Waals surface area contributed by atoms with Gasteiger partial charge in [0.2, 0.25) is 0 Å². The minimum atomic E-state index is 0. The molecule has 0 aliphatic carbocycles. The van der Waals surface area contributed by atoms with Crippen LogP contribution in [-0.2, 0) is 65.4 Å². The molecule has 4 aromatic rings. The molecule has 7 rings (SSSR count). The molecule has 0 spiro atoms. The van der Waals surface area contributed by atoms with Gasteiger partial charge >= 0.3 is 0 Å². The van der Waals surface area contributed by atoms with Gasteiger partial charge in [-0.05, 0) is 129 Å². The first-order valence-electron chi connectivity index (χ1n) is 19.5. The molecule has 0 saturated carbocycles. The van der Waals surface area contributed by atoms with Crippen molar-refractivity contribution in [2.24, 2.45) is 17.2 Å². The van der Waals surface area contributed by atoms with Crippen LogP contribution in [0.1, 0.15) is 92.9 Å². The Morgan fingerprint density at radius 2 is 0.946 bits per heavy atom. The molecule has 3 aliphatic heterocycles. The predicted octanol–water partition coefficient (Wildman–Crippen LogP) is 6.49. The SMILES string of the molecule is CC1(N)CCNCC1.Cc1c[c-]nc(C)c1.Cc1c[c-]nc(N2CCC(C)(N)CC2)c1.Cc1ccnc(C)c1.Cc1ccnc(N2CCC(C)(N)CC2)c1.[Y].[Y]. The van der Waals surface area contributed by atoms with Crippen LogP contribution in [0.5, 0.6) is 0 Å². The normalized spacial score (nSPS) is 17.5. The number of piperidine rings is 3. The number of pyridine rings is 4. The zero-order valence-corrected chi connectivity index (χ0v) is 41.5. The van der Waals surface area contributed by atoms with Gasteiger partial charge in [0.25, 0.3) is 0 Å². The molecule has 56 heavy (non-hydrogen) atoms. The molecule has 12 heteroatoms. The van der Waals surface area contributed by atoms with Crippen molar-refractivity contribution in [3.63, 3.8) is 0 Å². The van der Waals surface area contributed by atoms with E-state index in [1.807, 2.05) is 63.5 Å². The van der Waals surface area contributed by atoms with Crippen LogP contribution < -0.4 is 32.3 Å². The molecule has 0 amide bonds. The molecule has 4 aromatic heterocycles. The standard InChI is InChI=1S/C12H19N3.C12H18N3.C7H9N.C7H8N.C6H14N2.2Y/c2*1-10-3-6-14-11(9-10)15-7-4-12(2,13)5-8-15;2*1-6-3-4-8-7(2)5-6;1-6(7)2-4-8-5-3-6;;/h3,6,9H,4-5,7-8,13H2,1-2H3;3,9H,4-5,7-8,13H2,1-2H3;3-5H,1-2H3;3,5H,1-2H3;8H,2-5,7H2,1H3;;/q;-1;;-1;;;. The molecule has 2 radical (unpaired) electrons. The zero-order chi connectivity index (χ0) is 39.8. The third kappa shape index (κ3) is 21.3. The number of hydrogen-bond acceptors (Lipinski definition) is 10. The van der Waals surface area contributed by atoms with Gasteiger partial charge in [0.15, 0.2) is 0 Å². The van der Waals surface area contributed by atoms with E-state index in [9.17, 15) is 0 Å². The maximum atomic E-state index is 6.10. The third-order valence-electron chi connectivity index (χ3n) is 9.96. The van der Waals surface area contributed by atoms with E-state index in [0.29, 0.717) is 0 Å². The molecule has 7 N–H and O–H groups in total. The van der Waals surface area contributed by atoms with Crippen molar-refractivity contribution in [2.75, 3.05) is 49.1 Å². The van der Waals surface area contributed by atoms with Gasteiger partial charge < -0.3 is 42.3 Å². The van der Waals surface area contributed by atoms with Crippen LogP contribution in [0.4, 0.5) is 11.6 Å². The summed E-state index contributed by atoms with van der Waals surface area (Å²) in [4.78, 5) is 21.2. The Hall–Kier alpha value is -1.75. The summed E-state index contributed by atoms with van der Waals surface area (Å²) in [6, 6.07) is 16.1. The van der Waals surface area contributed by atoms with Crippen molar-refractivity contribution in [1.82, 2.24) is 25.3 Å². The predicted molar refractivity (Wildman–Crippen MR) is 226 cm³/mol. The van der Waals surface area contributed by atoms with Crippen LogP contribution in [0.25, 0.3) is 0 Å². The van der Waals surface area contributed by atoms with Gasteiger partial charge in [0.05, 0.1) is 0 Å². The molecule has 10 nitrogen and oxygen atoms in total. The Balaban J connectivity index is 0.000000359. The average molecular weight is 915 g/mol. The van der Waals surface area contributed by atoms with Gasteiger partial charge in [0, 0.05) is 132 Å². The maximum Gasteiger partial charge on any atom is 0.128 e. The monoisotopic (exact) mass is 914 g/mol. The summed E-state index contributed by atoms with van der Waals surface area (Å²) < 4.78 is 0. The fourth-order valence-electron chi connectivity index (χ4n) is 6.15. The fourth-order valence-corrected chi connectivity index (χ4v) is 6.15. The Labute approximate surface area is 389 Å². The summed E-state index contributed by atoms with van der Waals surface area (Å²) in [7, 11) is 0. The Bertz CT molecular complexity index is 1520. The van der Waals surface area contributed by atoms with E-state index in [2.05, 4.69) is 107 Å². The summed E-state index contributed by atoms with van der Waals surface area (Å²) in [6.07, 6.45) is 15.8. The van der Waals surface area contributed by atoms with Crippen molar-refractivity contribution in [3.8, 4) is 0 Å². The van der Waals surface area contributed by atoms with Crippen LogP contribution in [0.3, 0.4) is 0 Å². The van der Waals surface area contributed by atoms with Crippen LogP contribution >= 0.6 is 0 Å². The van der Waals surface area contributed by atoms with Crippen molar-refractivity contribution < 1.29 is 65.4 Å². The average Bonchev–Trinajstić information content (AvgIpc) is 3.09. The molecule has 0 unspecified atom stereocenters. The summed E-state index contributed by atoms with van der Waals surface area (Å²) in [5.41, 5.74) is 25.3. The second kappa shape index (κ2) is 25.7. The van der Waals surface area contributed by atoms with E-state index in [0.717, 1.165) is 101 Å². The van der Waals surface area contributed by atoms with Crippen LogP contribution in [0, 0.1) is 53.9 Å². The second-order valence-corrected chi connectivity index (χ2v) is 16.4. The summed E-state index contributed by atoms with van der Waals surface area (Å²) in [5, 5.41) is 3.26. The minimum Gasteiger partial charge on any atom is -0.409 e. The van der Waals surface area contributed by atoms with E-state index in [-0.39, 0.29) is 82.0 Å². The number of anilines is 2. The van der Waals surface area contributed by atoms with Gasteiger partial charge in [-0.2, -0.15) is 23.3 Å². The van der Waals surface area contributed by atoms with Gasteiger partial charge in [-0.1, -0.05) is 38.9 Å². The van der Waals surface area contributed by atoms with Gasteiger partial charge in [-0.15, -0.1) is 12.1 Å². The first-order chi connectivity index (χ1) is 25.4. The maximum absolute atomic E-state index is 6.10. The van der Waals surface area contributed by atoms with Crippen LogP contribution in [0.2, 0.25) is 0 Å². The van der Waals surface area contributed by atoms with Crippen LogP contribution in [0.15, 0.2) is 60.9 Å². The van der Waals surface area contributed by atoms with E-state index in [1.54, 1.807) is 0 Å². The van der Waals surface area contributed by atoms with Gasteiger partial charge in [0.1, 0.15) is 5.82 Å². The van der Waals surface area contributed by atoms with Crippen LogP contribution in [-0.4, -0.2) is 75.8 Å². The topological polar surface area (TPSA) is 148 Å². The molecule has 0 atom stereocenters. The number of nitrogens with one attached hydrogen (secondary N) is 1. The summed E-state index contributed by atoms with van der Waals surface area (Å²) >= 11 is 0. The third-order valence-corrected chi connectivity index (χ3v) is 9.96. The Kier molecular flexibility index (Phi) is 24.0. The van der Waals surface area contributed by atoms with Gasteiger partial charge in [-0.3, -0.25) is 4.98 Å². The van der Waals surface area contributed by atoms with Crippen molar-refractivity contribution in [3.05, 3.63) is 107 Å². The largest absolute Gasteiger partial charge is 0.409 e. The second-order valence-electron chi connectivity index (χ2n) is 16.4. The number of aryl methyl sites for hydroxylation is 6. The Morgan fingerprint density at radius 3 is 1.32 bits per heavy atom. The first-order valence-corrected chi connectivity index (χ1v) is 19.5. The van der Waals surface area contributed by atoms with Crippen molar-refractivity contribution >= 4 is 11.6 Å². The minimum absolute atomic E-state index is 0. The molecule has 0 bridgehead atoms. The number of aromatic nitrogens is 4. The van der Waals surface area contributed by atoms with E-state index in [1.165, 1.54) is 22.3 Å². The van der Waals surface area contributed by atoms with Crippen molar-refractivity contribution in [1.29, 1.82) is 0 Å². The summed E-state index contributed by atoms with van der Waals surface area (Å²) in [5.74, 6) is 2.12. The first kappa shape index (κ1) is 52.3. The molecule has 3 saturated heterocycles. The molecule has 0 aromatic carbocycles. The quantitative estimate of drug-likeness (QED) is 0.165. The molecule has 302 valence electrons. The molecule has 3 aliphatic rings. The van der Waals surface area contributed by atoms with Crippen molar-refractivity contribution in [2.45, 2.75) is 117 Å². The zero-order valence-electron chi connectivity index (χ0n) is 35.8.